The molecule has 2 aromatic carbocycles. The molecule has 28 heavy (non-hydrogen) atoms. The van der Waals surface area contributed by atoms with Gasteiger partial charge >= 0.3 is 5.97 Å². The number of amides is 2. The Balaban J connectivity index is 1.83. The van der Waals surface area contributed by atoms with Crippen molar-refractivity contribution in [2.24, 2.45) is 0 Å². The summed E-state index contributed by atoms with van der Waals surface area (Å²) in [5, 5.41) is 5.35. The maximum absolute atomic E-state index is 12.8. The third kappa shape index (κ3) is 4.27. The van der Waals surface area contributed by atoms with Crippen LogP contribution in [-0.2, 0) is 4.74 Å². The van der Waals surface area contributed by atoms with Gasteiger partial charge < -0.3 is 19.8 Å². The number of carbonyl (C=O) groups is 3. The van der Waals surface area contributed by atoms with Crippen LogP contribution in [0.1, 0.15) is 38.2 Å². The van der Waals surface area contributed by atoms with Crippen LogP contribution >= 0.6 is 0 Å². The molecule has 1 aromatic heterocycles. The molecular weight excluding hydrogens is 360 g/mol. The predicted octanol–water partition coefficient (Wildman–Crippen LogP) is 3.96. The molecule has 0 saturated heterocycles. The second-order valence-corrected chi connectivity index (χ2v) is 5.70. The summed E-state index contributed by atoms with van der Waals surface area (Å²) < 4.78 is 10.1. The van der Waals surface area contributed by atoms with E-state index in [2.05, 4.69) is 10.6 Å². The van der Waals surface area contributed by atoms with Crippen LogP contribution in [0.5, 0.6) is 0 Å². The number of carbonyl (C=O) groups excluding carboxylic acids is 3. The quantitative estimate of drug-likeness (QED) is 0.633. The normalized spacial score (nSPS) is 10.2. The number of benzene rings is 2. The minimum Gasteiger partial charge on any atom is -0.462 e. The molecule has 0 unspecified atom stereocenters. The Labute approximate surface area is 161 Å². The average molecular weight is 378 g/mol. The highest BCUT2D eigenvalue weighted by atomic mass is 16.5. The SMILES string of the molecule is CCOC(=O)c1ccccc1NC(=O)c1ccccc1NC(=O)c1ccco1. The van der Waals surface area contributed by atoms with Gasteiger partial charge in [0.1, 0.15) is 0 Å². The van der Waals surface area contributed by atoms with E-state index in [0.29, 0.717) is 11.4 Å². The summed E-state index contributed by atoms with van der Waals surface area (Å²) in [6, 6.07) is 16.2. The summed E-state index contributed by atoms with van der Waals surface area (Å²) in [6.07, 6.45) is 1.39. The maximum Gasteiger partial charge on any atom is 0.340 e. The fraction of sp³-hybridized carbons (Fsp3) is 0.0952. The third-order valence-corrected chi connectivity index (χ3v) is 3.84. The summed E-state index contributed by atoms with van der Waals surface area (Å²) in [6.45, 7) is 1.93. The fourth-order valence-electron chi connectivity index (χ4n) is 2.55. The first-order chi connectivity index (χ1) is 13.6. The van der Waals surface area contributed by atoms with E-state index in [-0.39, 0.29) is 23.5 Å². The van der Waals surface area contributed by atoms with Gasteiger partial charge in [0, 0.05) is 0 Å². The van der Waals surface area contributed by atoms with Crippen molar-refractivity contribution < 1.29 is 23.5 Å². The summed E-state index contributed by atoms with van der Waals surface area (Å²) in [4.78, 5) is 37.1. The number of para-hydroxylation sites is 2. The zero-order valence-electron chi connectivity index (χ0n) is 15.1. The van der Waals surface area contributed by atoms with Crippen molar-refractivity contribution in [3.8, 4) is 0 Å². The lowest BCUT2D eigenvalue weighted by Crippen LogP contribution is -2.19. The van der Waals surface area contributed by atoms with Gasteiger partial charge in [0.25, 0.3) is 11.8 Å². The van der Waals surface area contributed by atoms with Gasteiger partial charge in [-0.1, -0.05) is 24.3 Å². The second-order valence-electron chi connectivity index (χ2n) is 5.70. The Hall–Kier alpha value is -3.87. The fourth-order valence-corrected chi connectivity index (χ4v) is 2.55. The second kappa shape index (κ2) is 8.68. The number of hydrogen-bond acceptors (Lipinski definition) is 5. The van der Waals surface area contributed by atoms with E-state index < -0.39 is 17.8 Å². The Bertz CT molecular complexity index is 996. The molecule has 0 saturated carbocycles. The minimum absolute atomic E-state index is 0.128. The van der Waals surface area contributed by atoms with Crippen molar-refractivity contribution in [1.82, 2.24) is 0 Å². The molecule has 2 amide bonds. The Morgan fingerprint density at radius 1 is 0.821 bits per heavy atom. The first-order valence-electron chi connectivity index (χ1n) is 8.61. The summed E-state index contributed by atoms with van der Waals surface area (Å²) >= 11 is 0. The monoisotopic (exact) mass is 378 g/mol. The van der Waals surface area contributed by atoms with Gasteiger partial charge in [-0.15, -0.1) is 0 Å². The number of anilines is 2. The van der Waals surface area contributed by atoms with Gasteiger partial charge in [-0.05, 0) is 43.3 Å². The van der Waals surface area contributed by atoms with E-state index in [4.69, 9.17) is 9.15 Å². The smallest absolute Gasteiger partial charge is 0.340 e. The zero-order chi connectivity index (χ0) is 19.9. The first kappa shape index (κ1) is 18.9. The van der Waals surface area contributed by atoms with Gasteiger partial charge in [0.2, 0.25) is 0 Å². The number of furan rings is 1. The highest BCUT2D eigenvalue weighted by Gasteiger charge is 2.18. The number of ether oxygens (including phenoxy) is 1. The summed E-state index contributed by atoms with van der Waals surface area (Å²) in [7, 11) is 0. The van der Waals surface area contributed by atoms with Crippen molar-refractivity contribution >= 4 is 29.2 Å². The van der Waals surface area contributed by atoms with Gasteiger partial charge in [0.05, 0.1) is 35.4 Å². The molecule has 0 bridgehead atoms. The minimum atomic E-state index is -0.530. The van der Waals surface area contributed by atoms with E-state index in [0.717, 1.165) is 0 Å². The molecule has 3 aromatic rings. The topological polar surface area (TPSA) is 97.6 Å². The van der Waals surface area contributed by atoms with Crippen molar-refractivity contribution in [3.05, 3.63) is 83.8 Å². The highest BCUT2D eigenvalue weighted by molar-refractivity contribution is 6.13. The van der Waals surface area contributed by atoms with E-state index in [1.165, 1.54) is 12.3 Å². The molecule has 7 nitrogen and oxygen atoms in total. The third-order valence-electron chi connectivity index (χ3n) is 3.84. The molecule has 1 heterocycles. The van der Waals surface area contributed by atoms with E-state index in [1.54, 1.807) is 61.5 Å². The molecule has 0 aliphatic heterocycles. The number of rotatable bonds is 6. The summed E-state index contributed by atoms with van der Waals surface area (Å²) in [5.41, 5.74) is 1.11. The largest absolute Gasteiger partial charge is 0.462 e. The zero-order valence-corrected chi connectivity index (χ0v) is 15.1. The average Bonchev–Trinajstić information content (AvgIpc) is 3.24. The first-order valence-corrected chi connectivity index (χ1v) is 8.61. The molecule has 3 rings (SSSR count). The molecule has 0 atom stereocenters. The molecule has 0 aliphatic carbocycles. The molecule has 0 aliphatic rings. The van der Waals surface area contributed by atoms with Crippen LogP contribution in [-0.4, -0.2) is 24.4 Å². The van der Waals surface area contributed by atoms with E-state index in [9.17, 15) is 14.4 Å². The molecule has 7 heteroatoms. The molecule has 0 radical (unpaired) electrons. The highest BCUT2D eigenvalue weighted by Crippen LogP contribution is 2.21. The Kier molecular flexibility index (Phi) is 5.86. The lowest BCUT2D eigenvalue weighted by atomic mass is 10.1. The van der Waals surface area contributed by atoms with Crippen molar-refractivity contribution in [3.63, 3.8) is 0 Å². The lowest BCUT2D eigenvalue weighted by molar-refractivity contribution is 0.0527. The molecule has 0 fully saturated rings. The molecule has 142 valence electrons. The van der Waals surface area contributed by atoms with Crippen LogP contribution < -0.4 is 10.6 Å². The van der Waals surface area contributed by atoms with Gasteiger partial charge in [-0.2, -0.15) is 0 Å². The number of nitrogens with one attached hydrogen (secondary N) is 2. The van der Waals surface area contributed by atoms with Crippen LogP contribution in [0.4, 0.5) is 11.4 Å². The van der Waals surface area contributed by atoms with E-state index in [1.807, 2.05) is 0 Å². The van der Waals surface area contributed by atoms with Gasteiger partial charge in [-0.25, -0.2) is 4.79 Å². The Morgan fingerprint density at radius 3 is 2.07 bits per heavy atom. The van der Waals surface area contributed by atoms with Crippen LogP contribution in [0.2, 0.25) is 0 Å². The maximum atomic E-state index is 12.8. The Morgan fingerprint density at radius 2 is 1.43 bits per heavy atom. The predicted molar refractivity (Wildman–Crippen MR) is 103 cm³/mol. The lowest BCUT2D eigenvalue weighted by Gasteiger charge is -2.13. The summed E-state index contributed by atoms with van der Waals surface area (Å²) in [5.74, 6) is -1.36. The van der Waals surface area contributed by atoms with Gasteiger partial charge in [-0.3, -0.25) is 9.59 Å². The van der Waals surface area contributed by atoms with Crippen LogP contribution in [0.15, 0.2) is 71.3 Å². The van der Waals surface area contributed by atoms with E-state index >= 15 is 0 Å². The van der Waals surface area contributed by atoms with Crippen LogP contribution in [0.3, 0.4) is 0 Å². The number of hydrogen-bond donors (Lipinski definition) is 2. The van der Waals surface area contributed by atoms with Crippen molar-refractivity contribution in [2.75, 3.05) is 17.2 Å². The number of esters is 1. The van der Waals surface area contributed by atoms with Crippen molar-refractivity contribution in [1.29, 1.82) is 0 Å². The van der Waals surface area contributed by atoms with Gasteiger partial charge in [0.15, 0.2) is 5.76 Å². The van der Waals surface area contributed by atoms with Crippen LogP contribution in [0, 0.1) is 0 Å². The molecule has 0 spiro atoms. The molecular formula is C21H18N2O5. The standard InChI is InChI=1S/C21H18N2O5/c1-2-27-21(26)15-9-4-6-11-17(15)22-19(24)14-8-3-5-10-16(14)23-20(25)18-12-7-13-28-18/h3-13H,2H2,1H3,(H,22,24)(H,23,25). The van der Waals surface area contributed by atoms with Crippen LogP contribution in [0.25, 0.3) is 0 Å². The molecule has 2 N–H and O–H groups in total. The van der Waals surface area contributed by atoms with Crippen molar-refractivity contribution in [2.45, 2.75) is 6.92 Å².